The topological polar surface area (TPSA) is 333 Å². The Bertz CT molecular complexity index is 1860. The molecule has 0 saturated carbocycles. The maximum Gasteiger partial charge on any atom is 0.501 e. The summed E-state index contributed by atoms with van der Waals surface area (Å²) in [5.74, 6) is -2.76. The SMILES string of the molecule is CC(C)(C)OC(=O)NC(Cc1ccc(OS(=O)(=O)Oc2cc(CCC(=O)NCCOCCOCCOCCN=[N+]=[N-])ccc2OC2O[C@H](CO)[C@H](O)[C@H](O)[C@H]2O)cc1)C(=O)O. The van der Waals surface area contributed by atoms with Crippen LogP contribution < -0.4 is 23.7 Å². The van der Waals surface area contributed by atoms with Gasteiger partial charge in [-0.1, -0.05) is 23.3 Å². The van der Waals surface area contributed by atoms with Crippen LogP contribution in [0.5, 0.6) is 17.2 Å². The van der Waals surface area contributed by atoms with E-state index in [-0.39, 0.29) is 63.0 Å². The number of aliphatic carboxylic acids is 1. The summed E-state index contributed by atoms with van der Waals surface area (Å²) in [6.07, 6.45) is -9.48. The van der Waals surface area contributed by atoms with Gasteiger partial charge in [-0.2, -0.15) is 0 Å². The lowest BCUT2D eigenvalue weighted by molar-refractivity contribution is -0.277. The Morgan fingerprint density at radius 3 is 2.15 bits per heavy atom. The number of nitrogens with one attached hydrogen (secondary N) is 2. The standard InChI is InChI=1S/C37H53N5O18S/c1-37(2,3)58-36(50)41-26(34(48)49)20-23-4-8-25(9-5-23)59-61(51,52)60-28-21-24(6-10-27(28)56-35-33(47)32(46)31(45)29(22-43)57-35)7-11-30(44)39-12-14-53-16-18-55-19-17-54-15-13-40-42-38/h4-6,8-10,21,26,29,31-33,35,43,45-47H,7,11-20,22H2,1-3H3,(H,39,44)(H,41,50)(H,48,49)/t26?,29-,31+,32+,33-,35?/m1/s1. The van der Waals surface area contributed by atoms with Crippen molar-refractivity contribution in [3.05, 3.63) is 64.0 Å². The zero-order valence-electron chi connectivity index (χ0n) is 33.8. The van der Waals surface area contributed by atoms with Gasteiger partial charge < -0.3 is 73.0 Å². The van der Waals surface area contributed by atoms with Crippen molar-refractivity contribution >= 4 is 28.4 Å². The third-order valence-corrected chi connectivity index (χ3v) is 8.97. The number of carboxylic acids is 1. The number of rotatable bonds is 26. The highest BCUT2D eigenvalue weighted by Gasteiger charge is 2.45. The van der Waals surface area contributed by atoms with Gasteiger partial charge in [0.05, 0.1) is 46.2 Å². The molecule has 340 valence electrons. The molecule has 0 aliphatic carbocycles. The second kappa shape index (κ2) is 25.1. The van der Waals surface area contributed by atoms with E-state index in [0.717, 1.165) is 0 Å². The lowest BCUT2D eigenvalue weighted by atomic mass is 9.99. The second-order valence-electron chi connectivity index (χ2n) is 14.2. The van der Waals surface area contributed by atoms with Crippen LogP contribution in [-0.2, 0) is 56.5 Å². The van der Waals surface area contributed by atoms with Crippen molar-refractivity contribution in [1.82, 2.24) is 10.6 Å². The minimum atomic E-state index is -4.96. The minimum Gasteiger partial charge on any atom is -0.480 e. The number of ether oxygens (including phenoxy) is 6. The molecule has 24 heteroatoms. The molecule has 3 rings (SSSR count). The highest BCUT2D eigenvalue weighted by atomic mass is 32.3. The summed E-state index contributed by atoms with van der Waals surface area (Å²) in [4.78, 5) is 39.1. The van der Waals surface area contributed by atoms with Gasteiger partial charge in [-0.3, -0.25) is 4.79 Å². The van der Waals surface area contributed by atoms with Crippen molar-refractivity contribution < 1.29 is 85.1 Å². The molecule has 1 aliphatic heterocycles. The molecule has 7 N–H and O–H groups in total. The summed E-state index contributed by atoms with van der Waals surface area (Å²) in [5.41, 5.74) is 8.13. The average molecular weight is 888 g/mol. The smallest absolute Gasteiger partial charge is 0.480 e. The number of nitrogens with zero attached hydrogens (tertiary/aromatic N) is 3. The van der Waals surface area contributed by atoms with Crippen molar-refractivity contribution in [2.45, 2.75) is 82.4 Å². The first kappa shape index (κ1) is 50.3. The summed E-state index contributed by atoms with van der Waals surface area (Å²) in [5, 5.41) is 58.4. The highest BCUT2D eigenvalue weighted by Crippen LogP contribution is 2.34. The van der Waals surface area contributed by atoms with E-state index in [1.165, 1.54) is 42.5 Å². The number of carbonyl (C=O) groups excluding carboxylic acids is 2. The molecular weight excluding hydrogens is 834 g/mol. The predicted octanol–water partition coefficient (Wildman–Crippen LogP) is 0.497. The number of hydrogen-bond acceptors (Lipinski definition) is 18. The first-order chi connectivity index (χ1) is 28.9. The van der Waals surface area contributed by atoms with Gasteiger partial charge in [-0.15, -0.1) is 8.42 Å². The molecule has 2 amide bonds. The van der Waals surface area contributed by atoms with Crippen LogP contribution in [0.25, 0.3) is 10.4 Å². The second-order valence-corrected chi connectivity index (χ2v) is 15.3. The fourth-order valence-electron chi connectivity index (χ4n) is 5.27. The normalized spacial score (nSPS) is 19.5. The molecular formula is C37H53N5O18S. The first-order valence-corrected chi connectivity index (χ1v) is 20.3. The van der Waals surface area contributed by atoms with E-state index in [9.17, 15) is 48.3 Å². The van der Waals surface area contributed by atoms with E-state index in [0.29, 0.717) is 37.6 Å². The molecule has 2 aromatic rings. The number of benzene rings is 2. The number of aryl methyl sites for hydroxylation is 1. The van der Waals surface area contributed by atoms with Gasteiger partial charge in [0.1, 0.15) is 41.8 Å². The van der Waals surface area contributed by atoms with E-state index in [4.69, 9.17) is 42.3 Å². The van der Waals surface area contributed by atoms with Gasteiger partial charge >= 0.3 is 22.5 Å². The van der Waals surface area contributed by atoms with E-state index in [2.05, 4.69) is 20.7 Å². The molecule has 1 saturated heterocycles. The third-order valence-electron chi connectivity index (χ3n) is 8.19. The number of hydrogen-bond donors (Lipinski definition) is 7. The summed E-state index contributed by atoms with van der Waals surface area (Å²) in [6, 6.07) is 7.76. The maximum atomic E-state index is 13.2. The zero-order chi connectivity index (χ0) is 45.0. The molecule has 0 radical (unpaired) electrons. The van der Waals surface area contributed by atoms with Crippen molar-refractivity contribution in [1.29, 1.82) is 0 Å². The number of carbonyl (C=O) groups is 3. The fourth-order valence-corrected chi connectivity index (χ4v) is 6.00. The number of aliphatic hydroxyl groups excluding tert-OH is 4. The molecule has 1 fully saturated rings. The Morgan fingerprint density at radius 1 is 0.885 bits per heavy atom. The van der Waals surface area contributed by atoms with Crippen LogP contribution in [0, 0.1) is 0 Å². The highest BCUT2D eigenvalue weighted by molar-refractivity contribution is 7.82. The van der Waals surface area contributed by atoms with Crippen LogP contribution in [-0.4, -0.2) is 154 Å². The molecule has 0 bridgehead atoms. The Morgan fingerprint density at radius 2 is 1.52 bits per heavy atom. The molecule has 2 unspecified atom stereocenters. The summed E-state index contributed by atoms with van der Waals surface area (Å²) in [7, 11) is -4.96. The van der Waals surface area contributed by atoms with Crippen LogP contribution >= 0.6 is 0 Å². The number of aliphatic hydroxyl groups is 4. The van der Waals surface area contributed by atoms with E-state index in [1.54, 1.807) is 20.8 Å². The third kappa shape index (κ3) is 18.7. The lowest BCUT2D eigenvalue weighted by Crippen LogP contribution is -2.60. The Hall–Kier alpha value is -5.01. The molecule has 2 aromatic carbocycles. The van der Waals surface area contributed by atoms with Crippen molar-refractivity contribution in [3.63, 3.8) is 0 Å². The quantitative estimate of drug-likeness (QED) is 0.0293. The molecule has 0 spiro atoms. The Kier molecular flexibility index (Phi) is 20.7. The van der Waals surface area contributed by atoms with Crippen LogP contribution in [0.15, 0.2) is 47.6 Å². The largest absolute Gasteiger partial charge is 0.501 e. The first-order valence-electron chi connectivity index (χ1n) is 19.0. The summed E-state index contributed by atoms with van der Waals surface area (Å²) < 4.78 is 69.0. The number of alkyl carbamates (subject to hydrolysis) is 1. The molecule has 6 atom stereocenters. The van der Waals surface area contributed by atoms with Crippen LogP contribution in [0.2, 0.25) is 0 Å². The summed E-state index contributed by atoms with van der Waals surface area (Å²) >= 11 is 0. The number of azide groups is 1. The van der Waals surface area contributed by atoms with E-state index < -0.39 is 77.2 Å². The predicted molar refractivity (Wildman–Crippen MR) is 210 cm³/mol. The fraction of sp³-hybridized carbons (Fsp3) is 0.595. The van der Waals surface area contributed by atoms with Gasteiger partial charge in [-0.05, 0) is 68.1 Å². The van der Waals surface area contributed by atoms with Crippen LogP contribution in [0.1, 0.15) is 38.3 Å². The van der Waals surface area contributed by atoms with Crippen molar-refractivity contribution in [2.75, 3.05) is 59.3 Å². The van der Waals surface area contributed by atoms with Gasteiger partial charge in [0, 0.05) is 30.8 Å². The molecule has 23 nitrogen and oxygen atoms in total. The Labute approximate surface area is 351 Å². The molecule has 61 heavy (non-hydrogen) atoms. The molecule has 1 aliphatic rings. The van der Waals surface area contributed by atoms with Crippen LogP contribution in [0.4, 0.5) is 4.79 Å². The lowest BCUT2D eigenvalue weighted by Gasteiger charge is -2.39. The van der Waals surface area contributed by atoms with Gasteiger partial charge in [0.15, 0.2) is 11.5 Å². The van der Waals surface area contributed by atoms with Crippen LogP contribution in [0.3, 0.4) is 0 Å². The maximum absolute atomic E-state index is 13.2. The zero-order valence-corrected chi connectivity index (χ0v) is 34.6. The number of carboxylic acid groups (broad SMARTS) is 1. The average Bonchev–Trinajstić information content (AvgIpc) is 3.19. The summed E-state index contributed by atoms with van der Waals surface area (Å²) in [6.45, 7) is 6.24. The van der Waals surface area contributed by atoms with E-state index in [1.807, 2.05) is 0 Å². The monoisotopic (exact) mass is 887 g/mol. The van der Waals surface area contributed by atoms with Crippen molar-refractivity contribution in [2.24, 2.45) is 5.11 Å². The van der Waals surface area contributed by atoms with Crippen molar-refractivity contribution in [3.8, 4) is 17.2 Å². The Balaban J connectivity index is 1.63. The van der Waals surface area contributed by atoms with Gasteiger partial charge in [0.25, 0.3) is 0 Å². The van der Waals surface area contributed by atoms with Gasteiger partial charge in [-0.25, -0.2) is 9.59 Å². The molecule has 0 aromatic heterocycles. The van der Waals surface area contributed by atoms with E-state index >= 15 is 0 Å². The molecule has 1 heterocycles. The van der Waals surface area contributed by atoms with Gasteiger partial charge in [0.2, 0.25) is 12.2 Å². The minimum absolute atomic E-state index is 0.0409. The number of amides is 2.